The lowest BCUT2D eigenvalue weighted by molar-refractivity contribution is -0.301. The van der Waals surface area contributed by atoms with Gasteiger partial charge in [-0.25, -0.2) is 0 Å². The topological polar surface area (TPSA) is 53.0 Å². The highest BCUT2D eigenvalue weighted by molar-refractivity contribution is 9.10. The summed E-state index contributed by atoms with van der Waals surface area (Å²) in [5, 5.41) is 11.8. The van der Waals surface area contributed by atoms with Crippen LogP contribution in [0.25, 0.3) is 10.9 Å². The molecule has 0 N–H and O–H groups in total. The number of aromatic nitrogens is 1. The van der Waals surface area contributed by atoms with Crippen LogP contribution in [0.3, 0.4) is 0 Å². The van der Waals surface area contributed by atoms with E-state index in [-0.39, 0.29) is 5.75 Å². The number of aryl methyl sites for hydroxylation is 1. The van der Waals surface area contributed by atoms with Crippen molar-refractivity contribution < 1.29 is 9.90 Å². The number of carboxylic acids is 1. The van der Waals surface area contributed by atoms with Gasteiger partial charge in [0, 0.05) is 26.2 Å². The van der Waals surface area contributed by atoms with E-state index in [0.29, 0.717) is 0 Å². The summed E-state index contributed by atoms with van der Waals surface area (Å²) in [6, 6.07) is 5.91. The summed E-state index contributed by atoms with van der Waals surface area (Å²) in [6.45, 7) is 4.14. The van der Waals surface area contributed by atoms with Crippen molar-refractivity contribution in [2.24, 2.45) is 0 Å². The second-order valence-electron chi connectivity index (χ2n) is 4.91. The summed E-state index contributed by atoms with van der Waals surface area (Å²) < 4.78 is 0.931. The van der Waals surface area contributed by atoms with Crippen LogP contribution >= 0.6 is 27.7 Å². The summed E-state index contributed by atoms with van der Waals surface area (Å²) in [5.74, 6) is -1.08. The minimum Gasteiger partial charge on any atom is -0.549 e. The fourth-order valence-electron chi connectivity index (χ4n) is 2.32. The summed E-state index contributed by atoms with van der Waals surface area (Å²) in [7, 11) is 0. The van der Waals surface area contributed by atoms with E-state index >= 15 is 0 Å². The van der Waals surface area contributed by atoms with E-state index in [1.165, 1.54) is 11.8 Å². The third-order valence-electron chi connectivity index (χ3n) is 3.34. The van der Waals surface area contributed by atoms with Crippen LogP contribution in [-0.2, 0) is 11.2 Å². The van der Waals surface area contributed by atoms with E-state index in [0.717, 1.165) is 50.8 Å². The Hall–Kier alpha value is -1.07. The van der Waals surface area contributed by atoms with E-state index < -0.39 is 5.97 Å². The summed E-state index contributed by atoms with van der Waals surface area (Å²) in [4.78, 5) is 16.5. The molecule has 0 fully saturated rings. The molecule has 1 heterocycles. The number of para-hydroxylation sites is 1. The molecule has 0 unspecified atom stereocenters. The molecule has 0 aliphatic rings. The van der Waals surface area contributed by atoms with Crippen LogP contribution in [0, 0.1) is 6.92 Å². The Labute approximate surface area is 137 Å². The lowest BCUT2D eigenvalue weighted by Crippen LogP contribution is -2.24. The molecule has 0 radical (unpaired) electrons. The van der Waals surface area contributed by atoms with Crippen LogP contribution in [-0.4, -0.2) is 16.7 Å². The van der Waals surface area contributed by atoms with Crippen LogP contribution in [0.4, 0.5) is 0 Å². The van der Waals surface area contributed by atoms with Crippen molar-refractivity contribution in [3.05, 3.63) is 33.9 Å². The lowest BCUT2D eigenvalue weighted by atomic mass is 10.0. The van der Waals surface area contributed by atoms with Crippen molar-refractivity contribution in [2.45, 2.75) is 38.0 Å². The van der Waals surface area contributed by atoms with Gasteiger partial charge in [-0.3, -0.25) is 4.98 Å². The number of pyridine rings is 1. The van der Waals surface area contributed by atoms with Gasteiger partial charge in [-0.2, -0.15) is 0 Å². The van der Waals surface area contributed by atoms with Gasteiger partial charge >= 0.3 is 0 Å². The third kappa shape index (κ3) is 3.77. The highest BCUT2D eigenvalue weighted by atomic mass is 79.9. The van der Waals surface area contributed by atoms with Gasteiger partial charge in [0.05, 0.1) is 11.5 Å². The first kappa shape index (κ1) is 16.3. The number of aliphatic carboxylic acids is 1. The lowest BCUT2D eigenvalue weighted by Gasteiger charge is -2.16. The summed E-state index contributed by atoms with van der Waals surface area (Å²) in [6.07, 6.45) is 3.09. The van der Waals surface area contributed by atoms with Gasteiger partial charge in [0.1, 0.15) is 0 Å². The fraction of sp³-hybridized carbons (Fsp3) is 0.375. The van der Waals surface area contributed by atoms with Gasteiger partial charge in [0.15, 0.2) is 0 Å². The SMILES string of the molecule is CCCCc1c(C)nc2c(Br)cccc2c1SCC(=O)[O-]. The van der Waals surface area contributed by atoms with Crippen molar-refractivity contribution in [1.29, 1.82) is 0 Å². The third-order valence-corrected chi connectivity index (χ3v) is 5.11. The molecule has 3 nitrogen and oxygen atoms in total. The molecule has 0 aliphatic heterocycles. The zero-order chi connectivity index (χ0) is 15.4. The van der Waals surface area contributed by atoms with Crippen LogP contribution < -0.4 is 5.11 Å². The van der Waals surface area contributed by atoms with Crippen molar-refractivity contribution in [2.75, 3.05) is 5.75 Å². The van der Waals surface area contributed by atoms with Gasteiger partial charge in [-0.15, -0.1) is 11.8 Å². The van der Waals surface area contributed by atoms with E-state index in [9.17, 15) is 9.90 Å². The zero-order valence-corrected chi connectivity index (χ0v) is 14.5. The Balaban J connectivity index is 2.60. The predicted octanol–water partition coefficient (Wildman–Crippen LogP) is 3.49. The Morgan fingerprint density at radius 3 is 2.86 bits per heavy atom. The molecule has 0 atom stereocenters. The number of unbranched alkanes of at least 4 members (excludes halogenated alkanes) is 1. The Morgan fingerprint density at radius 2 is 2.19 bits per heavy atom. The molecule has 0 bridgehead atoms. The Morgan fingerprint density at radius 1 is 1.43 bits per heavy atom. The van der Waals surface area contributed by atoms with E-state index in [1.54, 1.807) is 0 Å². The maximum atomic E-state index is 10.8. The normalized spacial score (nSPS) is 11.0. The number of fused-ring (bicyclic) bond motifs is 1. The molecule has 2 aromatic rings. The number of carboxylic acid groups (broad SMARTS) is 1. The first-order valence-electron chi connectivity index (χ1n) is 6.95. The Bertz CT molecular complexity index is 673. The summed E-state index contributed by atoms with van der Waals surface area (Å²) in [5.41, 5.74) is 3.02. The number of halogens is 1. The maximum Gasteiger partial charge on any atom is 0.0858 e. The molecule has 21 heavy (non-hydrogen) atoms. The molecule has 5 heteroatoms. The first-order valence-corrected chi connectivity index (χ1v) is 8.72. The minimum atomic E-state index is -1.04. The number of carbonyl (C=O) groups excluding carboxylic acids is 1. The number of carbonyl (C=O) groups is 1. The smallest absolute Gasteiger partial charge is 0.0858 e. The number of nitrogens with zero attached hydrogens (tertiary/aromatic N) is 1. The van der Waals surface area contributed by atoms with Crippen molar-refractivity contribution in [3.8, 4) is 0 Å². The highest BCUT2D eigenvalue weighted by Gasteiger charge is 2.14. The van der Waals surface area contributed by atoms with Crippen molar-refractivity contribution in [1.82, 2.24) is 4.98 Å². The largest absolute Gasteiger partial charge is 0.549 e. The maximum absolute atomic E-state index is 10.8. The molecular formula is C16H17BrNO2S-. The van der Waals surface area contributed by atoms with Gasteiger partial charge in [0.2, 0.25) is 0 Å². The fourth-order valence-corrected chi connectivity index (χ4v) is 3.78. The van der Waals surface area contributed by atoms with Gasteiger partial charge < -0.3 is 9.90 Å². The zero-order valence-electron chi connectivity index (χ0n) is 12.1. The van der Waals surface area contributed by atoms with E-state index in [4.69, 9.17) is 4.98 Å². The monoisotopic (exact) mass is 366 g/mol. The number of hydrogen-bond donors (Lipinski definition) is 0. The number of hydrogen-bond acceptors (Lipinski definition) is 4. The molecule has 0 spiro atoms. The molecule has 2 rings (SSSR count). The minimum absolute atomic E-state index is 0.0375. The molecule has 0 saturated heterocycles. The van der Waals surface area contributed by atoms with Crippen LogP contribution in [0.2, 0.25) is 0 Å². The molecule has 0 amide bonds. The quantitative estimate of drug-likeness (QED) is 0.734. The van der Waals surface area contributed by atoms with Crippen LogP contribution in [0.15, 0.2) is 27.6 Å². The standard InChI is InChI=1S/C16H18BrNO2S/c1-3-4-6-11-10(2)18-15-12(7-5-8-13(15)17)16(11)21-9-14(19)20/h5,7-8H,3-4,6,9H2,1-2H3,(H,19,20)/p-1. The molecular weight excluding hydrogens is 350 g/mol. The average Bonchev–Trinajstić information content (AvgIpc) is 2.44. The van der Waals surface area contributed by atoms with E-state index in [2.05, 4.69) is 22.9 Å². The number of thioether (sulfide) groups is 1. The molecule has 1 aromatic carbocycles. The van der Waals surface area contributed by atoms with Crippen LogP contribution in [0.1, 0.15) is 31.0 Å². The number of benzene rings is 1. The molecule has 0 aliphatic carbocycles. The second kappa shape index (κ2) is 7.27. The summed E-state index contributed by atoms with van der Waals surface area (Å²) >= 11 is 4.86. The predicted molar refractivity (Wildman–Crippen MR) is 88.5 cm³/mol. The van der Waals surface area contributed by atoms with Gasteiger partial charge in [-0.05, 0) is 47.3 Å². The Kier molecular flexibility index (Phi) is 5.65. The van der Waals surface area contributed by atoms with Crippen molar-refractivity contribution in [3.63, 3.8) is 0 Å². The van der Waals surface area contributed by atoms with Gasteiger partial charge in [-0.1, -0.05) is 25.5 Å². The molecule has 112 valence electrons. The average molecular weight is 367 g/mol. The number of rotatable bonds is 6. The second-order valence-corrected chi connectivity index (χ2v) is 6.75. The van der Waals surface area contributed by atoms with E-state index in [1.807, 2.05) is 25.1 Å². The highest BCUT2D eigenvalue weighted by Crippen LogP contribution is 2.35. The molecule has 1 aromatic heterocycles. The first-order chi connectivity index (χ1) is 10.0. The van der Waals surface area contributed by atoms with Crippen molar-refractivity contribution >= 4 is 44.6 Å². The van der Waals surface area contributed by atoms with Gasteiger partial charge in [0.25, 0.3) is 0 Å². The molecule has 0 saturated carbocycles. The van der Waals surface area contributed by atoms with Crippen LogP contribution in [0.5, 0.6) is 0 Å².